The van der Waals surface area contributed by atoms with Crippen LogP contribution in [0.4, 0.5) is 0 Å². The summed E-state index contributed by atoms with van der Waals surface area (Å²) < 4.78 is 5.27. The van der Waals surface area contributed by atoms with Gasteiger partial charge < -0.3 is 9.53 Å². The van der Waals surface area contributed by atoms with Gasteiger partial charge in [0, 0.05) is 10.6 Å². The molecule has 3 heteroatoms. The highest BCUT2D eigenvalue weighted by Gasteiger charge is 2.23. The molecule has 0 radical (unpaired) electrons. The minimum atomic E-state index is -0.140. The summed E-state index contributed by atoms with van der Waals surface area (Å²) in [5.74, 6) is 0.634. The standard InChI is InChI=1S/C9H7ClO2/c10-7-1-2-9-8(3-7)6(4-11)5-12-9/h1-4,6H,5H2. The number of rotatable bonds is 1. The van der Waals surface area contributed by atoms with E-state index in [0.717, 1.165) is 17.6 Å². The molecular weight excluding hydrogens is 176 g/mol. The van der Waals surface area contributed by atoms with Crippen molar-refractivity contribution in [3.63, 3.8) is 0 Å². The fourth-order valence-corrected chi connectivity index (χ4v) is 1.50. The maximum absolute atomic E-state index is 10.6. The van der Waals surface area contributed by atoms with E-state index in [1.165, 1.54) is 0 Å². The molecule has 1 aromatic carbocycles. The SMILES string of the molecule is O=CC1COc2ccc(Cl)cc21. The number of halogens is 1. The van der Waals surface area contributed by atoms with Crippen molar-refractivity contribution in [3.05, 3.63) is 28.8 Å². The predicted octanol–water partition coefficient (Wildman–Crippen LogP) is 2.01. The van der Waals surface area contributed by atoms with Gasteiger partial charge in [0.15, 0.2) is 0 Å². The van der Waals surface area contributed by atoms with E-state index in [4.69, 9.17) is 16.3 Å². The maximum Gasteiger partial charge on any atom is 0.131 e. The topological polar surface area (TPSA) is 26.3 Å². The summed E-state index contributed by atoms with van der Waals surface area (Å²) >= 11 is 5.77. The van der Waals surface area contributed by atoms with Crippen molar-refractivity contribution in [3.8, 4) is 5.75 Å². The van der Waals surface area contributed by atoms with Crippen molar-refractivity contribution in [2.45, 2.75) is 5.92 Å². The van der Waals surface area contributed by atoms with Gasteiger partial charge in [-0.1, -0.05) is 11.6 Å². The van der Waals surface area contributed by atoms with E-state index in [1.807, 2.05) is 0 Å². The summed E-state index contributed by atoms with van der Waals surface area (Å²) in [6.45, 7) is 0.444. The fraction of sp³-hybridized carbons (Fsp3) is 0.222. The van der Waals surface area contributed by atoms with Gasteiger partial charge in [-0.15, -0.1) is 0 Å². The van der Waals surface area contributed by atoms with E-state index in [-0.39, 0.29) is 5.92 Å². The average molecular weight is 183 g/mol. The molecule has 12 heavy (non-hydrogen) atoms. The largest absolute Gasteiger partial charge is 0.492 e. The summed E-state index contributed by atoms with van der Waals surface area (Å²) in [6.07, 6.45) is 0.891. The molecule has 0 spiro atoms. The van der Waals surface area contributed by atoms with Crippen LogP contribution in [0.5, 0.6) is 5.75 Å². The van der Waals surface area contributed by atoms with Crippen LogP contribution in [0.15, 0.2) is 18.2 Å². The molecule has 0 bridgehead atoms. The Morgan fingerprint density at radius 3 is 3.17 bits per heavy atom. The third kappa shape index (κ3) is 1.08. The molecule has 1 aliphatic rings. The number of fused-ring (bicyclic) bond motifs is 1. The molecule has 0 N–H and O–H groups in total. The number of aldehydes is 1. The van der Waals surface area contributed by atoms with Crippen molar-refractivity contribution in [1.29, 1.82) is 0 Å². The van der Waals surface area contributed by atoms with Gasteiger partial charge >= 0.3 is 0 Å². The zero-order chi connectivity index (χ0) is 8.55. The van der Waals surface area contributed by atoms with Crippen molar-refractivity contribution >= 4 is 17.9 Å². The first-order valence-electron chi connectivity index (χ1n) is 3.69. The molecule has 0 fully saturated rings. The quantitative estimate of drug-likeness (QED) is 0.622. The first-order chi connectivity index (χ1) is 5.81. The Hall–Kier alpha value is -1.02. The lowest BCUT2D eigenvalue weighted by atomic mass is 10.0. The Bertz CT molecular complexity index is 322. The molecule has 0 aromatic heterocycles. The second-order valence-corrected chi connectivity index (χ2v) is 3.17. The van der Waals surface area contributed by atoms with Crippen LogP contribution in [0.1, 0.15) is 11.5 Å². The third-order valence-electron chi connectivity index (χ3n) is 1.95. The molecule has 0 saturated carbocycles. The molecule has 1 aliphatic heterocycles. The molecule has 0 amide bonds. The first kappa shape index (κ1) is 7.62. The van der Waals surface area contributed by atoms with Gasteiger partial charge in [0.1, 0.15) is 18.6 Å². The lowest BCUT2D eigenvalue weighted by molar-refractivity contribution is -0.109. The highest BCUT2D eigenvalue weighted by Crippen LogP contribution is 2.34. The fourth-order valence-electron chi connectivity index (χ4n) is 1.32. The van der Waals surface area contributed by atoms with Crippen LogP contribution >= 0.6 is 11.6 Å². The van der Waals surface area contributed by atoms with Crippen molar-refractivity contribution in [2.24, 2.45) is 0 Å². The second kappa shape index (κ2) is 2.79. The van der Waals surface area contributed by atoms with E-state index < -0.39 is 0 Å². The number of carbonyl (C=O) groups excluding carboxylic acids is 1. The molecule has 62 valence electrons. The Kier molecular flexibility index (Phi) is 1.77. The average Bonchev–Trinajstić information content (AvgIpc) is 2.46. The molecule has 1 heterocycles. The summed E-state index contributed by atoms with van der Waals surface area (Å²) in [5.41, 5.74) is 0.900. The summed E-state index contributed by atoms with van der Waals surface area (Å²) in [7, 11) is 0. The highest BCUT2D eigenvalue weighted by atomic mass is 35.5. The zero-order valence-corrected chi connectivity index (χ0v) is 7.04. The molecule has 1 unspecified atom stereocenters. The van der Waals surface area contributed by atoms with E-state index in [2.05, 4.69) is 0 Å². The summed E-state index contributed by atoms with van der Waals surface area (Å²) in [6, 6.07) is 5.33. The van der Waals surface area contributed by atoms with E-state index in [0.29, 0.717) is 11.6 Å². The van der Waals surface area contributed by atoms with Crippen LogP contribution in [0.2, 0.25) is 5.02 Å². The lowest BCUT2D eigenvalue weighted by Crippen LogP contribution is -2.00. The molecule has 1 aromatic rings. The van der Waals surface area contributed by atoms with Crippen LogP contribution in [0, 0.1) is 0 Å². The van der Waals surface area contributed by atoms with Gasteiger partial charge in [0.05, 0.1) is 5.92 Å². The molecule has 2 rings (SSSR count). The van der Waals surface area contributed by atoms with Crippen LogP contribution in [0.25, 0.3) is 0 Å². The van der Waals surface area contributed by atoms with Crippen LogP contribution in [0.3, 0.4) is 0 Å². The molecule has 0 aliphatic carbocycles. The second-order valence-electron chi connectivity index (χ2n) is 2.74. The van der Waals surface area contributed by atoms with Crippen molar-refractivity contribution < 1.29 is 9.53 Å². The first-order valence-corrected chi connectivity index (χ1v) is 4.06. The van der Waals surface area contributed by atoms with Gasteiger partial charge in [0.25, 0.3) is 0 Å². The monoisotopic (exact) mass is 182 g/mol. The van der Waals surface area contributed by atoms with Crippen LogP contribution < -0.4 is 4.74 Å². The van der Waals surface area contributed by atoms with Crippen LogP contribution in [-0.2, 0) is 4.79 Å². The Labute approximate surface area is 75.1 Å². The van der Waals surface area contributed by atoms with Crippen molar-refractivity contribution in [2.75, 3.05) is 6.61 Å². The zero-order valence-electron chi connectivity index (χ0n) is 6.29. The van der Waals surface area contributed by atoms with Gasteiger partial charge in [0.2, 0.25) is 0 Å². The Balaban J connectivity index is 2.49. The van der Waals surface area contributed by atoms with E-state index in [1.54, 1.807) is 18.2 Å². The number of hydrogen-bond donors (Lipinski definition) is 0. The smallest absolute Gasteiger partial charge is 0.131 e. The third-order valence-corrected chi connectivity index (χ3v) is 2.19. The number of carbonyl (C=O) groups is 1. The summed E-state index contributed by atoms with van der Waals surface area (Å²) in [5, 5.41) is 0.645. The minimum absolute atomic E-state index is 0.140. The number of benzene rings is 1. The van der Waals surface area contributed by atoms with E-state index in [9.17, 15) is 4.79 Å². The van der Waals surface area contributed by atoms with E-state index >= 15 is 0 Å². The maximum atomic E-state index is 10.6. The Morgan fingerprint density at radius 2 is 2.42 bits per heavy atom. The molecule has 1 atom stereocenters. The lowest BCUT2D eigenvalue weighted by Gasteiger charge is -1.98. The minimum Gasteiger partial charge on any atom is -0.492 e. The molecule has 2 nitrogen and oxygen atoms in total. The highest BCUT2D eigenvalue weighted by molar-refractivity contribution is 6.30. The van der Waals surface area contributed by atoms with Gasteiger partial charge in [-0.2, -0.15) is 0 Å². The van der Waals surface area contributed by atoms with Crippen LogP contribution in [-0.4, -0.2) is 12.9 Å². The number of ether oxygens (including phenoxy) is 1. The molecular formula is C9H7ClO2. The van der Waals surface area contributed by atoms with Gasteiger partial charge in [-0.3, -0.25) is 0 Å². The van der Waals surface area contributed by atoms with Crippen molar-refractivity contribution in [1.82, 2.24) is 0 Å². The molecule has 0 saturated heterocycles. The predicted molar refractivity (Wildman–Crippen MR) is 45.8 cm³/mol. The normalized spacial score (nSPS) is 19.9. The number of hydrogen-bond acceptors (Lipinski definition) is 2. The summed E-state index contributed by atoms with van der Waals surface area (Å²) in [4.78, 5) is 10.6. The van der Waals surface area contributed by atoms with Gasteiger partial charge in [-0.05, 0) is 18.2 Å². The van der Waals surface area contributed by atoms with Gasteiger partial charge in [-0.25, -0.2) is 0 Å². The Morgan fingerprint density at radius 1 is 1.58 bits per heavy atom.